The summed E-state index contributed by atoms with van der Waals surface area (Å²) in [7, 11) is 0. The minimum absolute atomic E-state index is 0.704. The standard InChI is InChI=1S/C9H13BrN2O/c10-8-5-9(7-12-6-8)13-4-2-1-3-11/h5-7H,1-4,11H2. The highest BCUT2D eigenvalue weighted by atomic mass is 79.9. The molecule has 72 valence electrons. The molecule has 0 aliphatic carbocycles. The second-order valence-corrected chi connectivity index (χ2v) is 3.60. The van der Waals surface area contributed by atoms with Gasteiger partial charge in [0.1, 0.15) is 5.75 Å². The number of nitrogens with zero attached hydrogens (tertiary/aromatic N) is 1. The van der Waals surface area contributed by atoms with Gasteiger partial charge in [-0.3, -0.25) is 4.98 Å². The summed E-state index contributed by atoms with van der Waals surface area (Å²) in [6, 6.07) is 1.90. The number of hydrogen-bond acceptors (Lipinski definition) is 3. The number of unbranched alkanes of at least 4 members (excludes halogenated alkanes) is 1. The summed E-state index contributed by atoms with van der Waals surface area (Å²) in [5.41, 5.74) is 5.36. The van der Waals surface area contributed by atoms with Crippen LogP contribution in [0.2, 0.25) is 0 Å². The molecule has 0 aliphatic heterocycles. The minimum Gasteiger partial charge on any atom is -0.492 e. The monoisotopic (exact) mass is 244 g/mol. The Balaban J connectivity index is 2.28. The SMILES string of the molecule is NCCCCOc1cncc(Br)c1. The van der Waals surface area contributed by atoms with Crippen molar-refractivity contribution < 1.29 is 4.74 Å². The first-order valence-corrected chi connectivity index (χ1v) is 5.05. The molecule has 0 aromatic carbocycles. The van der Waals surface area contributed by atoms with Gasteiger partial charge in [0.05, 0.1) is 12.8 Å². The van der Waals surface area contributed by atoms with Gasteiger partial charge in [-0.1, -0.05) is 0 Å². The Morgan fingerprint density at radius 2 is 2.23 bits per heavy atom. The molecule has 13 heavy (non-hydrogen) atoms. The predicted molar refractivity (Wildman–Crippen MR) is 55.7 cm³/mol. The van der Waals surface area contributed by atoms with E-state index in [9.17, 15) is 0 Å². The maximum atomic E-state index is 5.44. The molecule has 0 atom stereocenters. The molecule has 0 spiro atoms. The van der Waals surface area contributed by atoms with Crippen LogP contribution < -0.4 is 10.5 Å². The van der Waals surface area contributed by atoms with E-state index in [0.717, 1.165) is 29.6 Å². The number of pyridine rings is 1. The molecule has 0 fully saturated rings. The van der Waals surface area contributed by atoms with Crippen LogP contribution in [0.15, 0.2) is 22.9 Å². The van der Waals surface area contributed by atoms with E-state index in [1.165, 1.54) is 0 Å². The van der Waals surface area contributed by atoms with Crippen LogP contribution in [-0.2, 0) is 0 Å². The molecule has 0 saturated heterocycles. The largest absolute Gasteiger partial charge is 0.492 e. The lowest BCUT2D eigenvalue weighted by Crippen LogP contribution is -2.03. The van der Waals surface area contributed by atoms with Crippen LogP contribution in [0.1, 0.15) is 12.8 Å². The number of ether oxygens (including phenoxy) is 1. The van der Waals surface area contributed by atoms with Crippen molar-refractivity contribution in [1.82, 2.24) is 4.98 Å². The highest BCUT2D eigenvalue weighted by Gasteiger charge is 1.94. The topological polar surface area (TPSA) is 48.1 Å². The van der Waals surface area contributed by atoms with Gasteiger partial charge in [0, 0.05) is 10.7 Å². The molecular weight excluding hydrogens is 232 g/mol. The summed E-state index contributed by atoms with van der Waals surface area (Å²) in [6.07, 6.45) is 5.42. The van der Waals surface area contributed by atoms with Gasteiger partial charge in [0.15, 0.2) is 0 Å². The zero-order valence-corrected chi connectivity index (χ0v) is 8.96. The first-order chi connectivity index (χ1) is 6.33. The number of halogens is 1. The molecule has 0 unspecified atom stereocenters. The molecule has 2 N–H and O–H groups in total. The van der Waals surface area contributed by atoms with Gasteiger partial charge in [-0.25, -0.2) is 0 Å². The van der Waals surface area contributed by atoms with E-state index in [1.807, 2.05) is 6.07 Å². The van der Waals surface area contributed by atoms with E-state index < -0.39 is 0 Å². The number of nitrogens with two attached hydrogens (primary N) is 1. The first kappa shape index (κ1) is 10.5. The molecule has 0 radical (unpaired) electrons. The number of aromatic nitrogens is 1. The van der Waals surface area contributed by atoms with Crippen LogP contribution in [0.4, 0.5) is 0 Å². The maximum Gasteiger partial charge on any atom is 0.138 e. The predicted octanol–water partition coefficient (Wildman–Crippen LogP) is 1.96. The van der Waals surface area contributed by atoms with Crippen LogP contribution in [0.5, 0.6) is 5.75 Å². The smallest absolute Gasteiger partial charge is 0.138 e. The molecule has 1 rings (SSSR count). The van der Waals surface area contributed by atoms with E-state index in [0.29, 0.717) is 6.61 Å². The quantitative estimate of drug-likeness (QED) is 0.806. The Morgan fingerprint density at radius 3 is 2.92 bits per heavy atom. The van der Waals surface area contributed by atoms with Gasteiger partial charge in [0.25, 0.3) is 0 Å². The molecule has 0 amide bonds. The van der Waals surface area contributed by atoms with Crippen molar-refractivity contribution in [2.75, 3.05) is 13.2 Å². The van der Waals surface area contributed by atoms with Gasteiger partial charge in [-0.05, 0) is 41.4 Å². The van der Waals surface area contributed by atoms with E-state index >= 15 is 0 Å². The van der Waals surface area contributed by atoms with Gasteiger partial charge >= 0.3 is 0 Å². The Bertz CT molecular complexity index is 255. The van der Waals surface area contributed by atoms with E-state index in [4.69, 9.17) is 10.5 Å². The van der Waals surface area contributed by atoms with Crippen molar-refractivity contribution in [3.05, 3.63) is 22.9 Å². The van der Waals surface area contributed by atoms with Gasteiger partial charge in [-0.2, -0.15) is 0 Å². The van der Waals surface area contributed by atoms with Crippen molar-refractivity contribution in [1.29, 1.82) is 0 Å². The van der Waals surface area contributed by atoms with Crippen LogP contribution in [0.25, 0.3) is 0 Å². The third kappa shape index (κ3) is 4.24. The Hall–Kier alpha value is -0.610. The van der Waals surface area contributed by atoms with Crippen molar-refractivity contribution in [2.24, 2.45) is 5.73 Å². The Labute approximate surface area is 86.4 Å². The minimum atomic E-state index is 0.704. The zero-order chi connectivity index (χ0) is 9.52. The second kappa shape index (κ2) is 5.94. The number of hydrogen-bond donors (Lipinski definition) is 1. The third-order valence-corrected chi connectivity index (χ3v) is 1.98. The molecule has 4 heteroatoms. The summed E-state index contributed by atoms with van der Waals surface area (Å²) in [6.45, 7) is 1.43. The van der Waals surface area contributed by atoms with Gasteiger partial charge < -0.3 is 10.5 Å². The molecule has 1 aromatic rings. The van der Waals surface area contributed by atoms with Crippen LogP contribution >= 0.6 is 15.9 Å². The molecule has 0 bridgehead atoms. The lowest BCUT2D eigenvalue weighted by molar-refractivity contribution is 0.306. The van der Waals surface area contributed by atoms with Crippen molar-refractivity contribution in [2.45, 2.75) is 12.8 Å². The Kier molecular flexibility index (Phi) is 4.78. The van der Waals surface area contributed by atoms with E-state index in [-0.39, 0.29) is 0 Å². The highest BCUT2D eigenvalue weighted by Crippen LogP contribution is 2.15. The average Bonchev–Trinajstić information content (AvgIpc) is 2.13. The fourth-order valence-corrected chi connectivity index (χ4v) is 1.25. The van der Waals surface area contributed by atoms with E-state index in [1.54, 1.807) is 12.4 Å². The summed E-state index contributed by atoms with van der Waals surface area (Å²) >= 11 is 3.32. The van der Waals surface area contributed by atoms with Crippen molar-refractivity contribution >= 4 is 15.9 Å². The molecule has 0 saturated carbocycles. The van der Waals surface area contributed by atoms with Crippen LogP contribution in [0.3, 0.4) is 0 Å². The molecule has 1 aromatic heterocycles. The van der Waals surface area contributed by atoms with Crippen LogP contribution in [-0.4, -0.2) is 18.1 Å². The molecular formula is C9H13BrN2O. The first-order valence-electron chi connectivity index (χ1n) is 4.26. The van der Waals surface area contributed by atoms with Gasteiger partial charge in [0.2, 0.25) is 0 Å². The summed E-state index contributed by atoms with van der Waals surface area (Å²) in [5.74, 6) is 0.798. The normalized spacial score (nSPS) is 10.0. The molecule has 0 aliphatic rings. The second-order valence-electron chi connectivity index (χ2n) is 2.68. The lowest BCUT2D eigenvalue weighted by atomic mass is 10.3. The number of rotatable bonds is 5. The lowest BCUT2D eigenvalue weighted by Gasteiger charge is -2.04. The average molecular weight is 245 g/mol. The fraction of sp³-hybridized carbons (Fsp3) is 0.444. The highest BCUT2D eigenvalue weighted by molar-refractivity contribution is 9.10. The van der Waals surface area contributed by atoms with Crippen LogP contribution in [0, 0.1) is 0 Å². The van der Waals surface area contributed by atoms with Crippen molar-refractivity contribution in [3.8, 4) is 5.75 Å². The summed E-state index contributed by atoms with van der Waals surface area (Å²) < 4.78 is 6.37. The van der Waals surface area contributed by atoms with Crippen molar-refractivity contribution in [3.63, 3.8) is 0 Å². The maximum absolute atomic E-state index is 5.44. The molecule has 1 heterocycles. The zero-order valence-electron chi connectivity index (χ0n) is 7.37. The van der Waals surface area contributed by atoms with Gasteiger partial charge in [-0.15, -0.1) is 0 Å². The fourth-order valence-electron chi connectivity index (χ4n) is 0.908. The summed E-state index contributed by atoms with van der Waals surface area (Å²) in [4.78, 5) is 3.99. The Morgan fingerprint density at radius 1 is 1.38 bits per heavy atom. The summed E-state index contributed by atoms with van der Waals surface area (Å²) in [5, 5.41) is 0. The molecule has 3 nitrogen and oxygen atoms in total. The van der Waals surface area contributed by atoms with E-state index in [2.05, 4.69) is 20.9 Å². The third-order valence-electron chi connectivity index (χ3n) is 1.55.